The van der Waals surface area contributed by atoms with Crippen molar-refractivity contribution < 1.29 is 4.74 Å². The number of nitrogens with one attached hydrogen (secondary N) is 1. The summed E-state index contributed by atoms with van der Waals surface area (Å²) in [5.74, 6) is 2.08. The molecule has 3 rings (SSSR count). The average molecular weight is 228 g/mol. The number of hydrogen-bond donors (Lipinski definition) is 2. The van der Waals surface area contributed by atoms with Crippen LogP contribution in [0.25, 0.3) is 0 Å². The third-order valence-corrected chi connectivity index (χ3v) is 3.41. The molecular formula is C14H16N2O. The first-order chi connectivity index (χ1) is 8.16. The topological polar surface area (TPSA) is 47.3 Å². The minimum absolute atomic E-state index is 0.0244. The fourth-order valence-electron chi connectivity index (χ4n) is 2.25. The Balaban J connectivity index is 2.05. The summed E-state index contributed by atoms with van der Waals surface area (Å²) in [6.07, 6.45) is 4.10. The predicted molar refractivity (Wildman–Crippen MR) is 68.7 cm³/mol. The van der Waals surface area contributed by atoms with E-state index in [0.29, 0.717) is 5.92 Å². The van der Waals surface area contributed by atoms with Crippen molar-refractivity contribution in [3.05, 3.63) is 47.4 Å². The van der Waals surface area contributed by atoms with Crippen LogP contribution in [0.3, 0.4) is 0 Å². The minimum atomic E-state index is -0.0244. The lowest BCUT2D eigenvalue weighted by molar-refractivity contribution is 0.408. The molecule has 0 bridgehead atoms. The summed E-state index contributed by atoms with van der Waals surface area (Å²) in [5, 5.41) is 3.40. The summed E-state index contributed by atoms with van der Waals surface area (Å²) in [7, 11) is 0. The number of rotatable bonds is 0. The summed E-state index contributed by atoms with van der Waals surface area (Å²) >= 11 is 0. The Morgan fingerprint density at radius 2 is 2.18 bits per heavy atom. The van der Waals surface area contributed by atoms with Crippen molar-refractivity contribution in [3.8, 4) is 5.75 Å². The van der Waals surface area contributed by atoms with E-state index in [1.54, 1.807) is 0 Å². The van der Waals surface area contributed by atoms with E-state index in [-0.39, 0.29) is 6.04 Å². The lowest BCUT2D eigenvalue weighted by atomic mass is 9.93. The van der Waals surface area contributed by atoms with E-state index < -0.39 is 0 Å². The third kappa shape index (κ3) is 1.54. The summed E-state index contributed by atoms with van der Waals surface area (Å²) in [4.78, 5) is 0. The number of benzene rings is 1. The quantitative estimate of drug-likeness (QED) is 0.717. The molecule has 0 saturated carbocycles. The van der Waals surface area contributed by atoms with Gasteiger partial charge in [0, 0.05) is 0 Å². The van der Waals surface area contributed by atoms with Crippen LogP contribution in [0.4, 0.5) is 5.69 Å². The SMILES string of the molecule is Cc1cccc2c1OC1=C(N2)C(N)C(C)C=C1. The van der Waals surface area contributed by atoms with Crippen molar-refractivity contribution in [2.45, 2.75) is 19.9 Å². The van der Waals surface area contributed by atoms with Crippen LogP contribution in [-0.4, -0.2) is 6.04 Å². The van der Waals surface area contributed by atoms with Crippen molar-refractivity contribution >= 4 is 5.69 Å². The Kier molecular flexibility index (Phi) is 2.23. The second kappa shape index (κ2) is 3.64. The lowest BCUT2D eigenvalue weighted by Crippen LogP contribution is -2.37. The highest BCUT2D eigenvalue weighted by Gasteiger charge is 2.28. The van der Waals surface area contributed by atoms with E-state index in [2.05, 4.69) is 18.3 Å². The zero-order valence-electron chi connectivity index (χ0n) is 10.0. The highest BCUT2D eigenvalue weighted by Crippen LogP contribution is 2.38. The predicted octanol–water partition coefficient (Wildman–Crippen LogP) is 2.54. The van der Waals surface area contributed by atoms with Gasteiger partial charge >= 0.3 is 0 Å². The molecule has 2 unspecified atom stereocenters. The number of para-hydroxylation sites is 1. The molecule has 0 saturated heterocycles. The molecule has 1 aliphatic carbocycles. The molecular weight excluding hydrogens is 212 g/mol. The van der Waals surface area contributed by atoms with Crippen molar-refractivity contribution in [3.63, 3.8) is 0 Å². The maximum Gasteiger partial charge on any atom is 0.153 e. The molecule has 17 heavy (non-hydrogen) atoms. The summed E-state index contributed by atoms with van der Waals surface area (Å²) in [6, 6.07) is 6.05. The summed E-state index contributed by atoms with van der Waals surface area (Å²) in [5.41, 5.74) is 9.29. The fraction of sp³-hybridized carbons (Fsp3) is 0.286. The van der Waals surface area contributed by atoms with Gasteiger partial charge in [-0.15, -0.1) is 0 Å². The van der Waals surface area contributed by atoms with Crippen molar-refractivity contribution in [2.75, 3.05) is 5.32 Å². The number of ether oxygens (including phenoxy) is 1. The van der Waals surface area contributed by atoms with Crippen molar-refractivity contribution in [2.24, 2.45) is 11.7 Å². The number of fused-ring (bicyclic) bond motifs is 1. The maximum absolute atomic E-state index is 6.18. The lowest BCUT2D eigenvalue weighted by Gasteiger charge is -2.32. The third-order valence-electron chi connectivity index (χ3n) is 3.41. The molecule has 2 atom stereocenters. The van der Waals surface area contributed by atoms with Gasteiger partial charge in [-0.25, -0.2) is 0 Å². The van der Waals surface area contributed by atoms with Crippen LogP contribution in [0.5, 0.6) is 5.75 Å². The molecule has 1 aromatic rings. The van der Waals surface area contributed by atoms with Crippen LogP contribution < -0.4 is 15.8 Å². The van der Waals surface area contributed by atoms with Gasteiger partial charge in [0.25, 0.3) is 0 Å². The molecule has 2 aliphatic rings. The van der Waals surface area contributed by atoms with E-state index in [9.17, 15) is 0 Å². The highest BCUT2D eigenvalue weighted by atomic mass is 16.5. The van der Waals surface area contributed by atoms with Crippen molar-refractivity contribution in [1.29, 1.82) is 0 Å². The van der Waals surface area contributed by atoms with Gasteiger partial charge in [-0.05, 0) is 30.5 Å². The number of aryl methyl sites for hydroxylation is 1. The highest BCUT2D eigenvalue weighted by molar-refractivity contribution is 5.67. The van der Waals surface area contributed by atoms with Crippen LogP contribution in [0.2, 0.25) is 0 Å². The van der Waals surface area contributed by atoms with E-state index in [4.69, 9.17) is 10.5 Å². The van der Waals surface area contributed by atoms with Gasteiger partial charge in [-0.2, -0.15) is 0 Å². The van der Waals surface area contributed by atoms with Gasteiger partial charge in [-0.1, -0.05) is 25.1 Å². The molecule has 88 valence electrons. The van der Waals surface area contributed by atoms with Crippen LogP contribution in [0, 0.1) is 12.8 Å². The summed E-state index contributed by atoms with van der Waals surface area (Å²) in [6.45, 7) is 4.15. The zero-order valence-corrected chi connectivity index (χ0v) is 10.0. The Bertz CT molecular complexity index is 531. The van der Waals surface area contributed by atoms with E-state index in [0.717, 1.165) is 28.5 Å². The van der Waals surface area contributed by atoms with E-state index in [1.165, 1.54) is 0 Å². The second-order valence-electron chi connectivity index (χ2n) is 4.70. The Morgan fingerprint density at radius 3 is 3.00 bits per heavy atom. The van der Waals surface area contributed by atoms with Gasteiger partial charge in [0.05, 0.1) is 17.4 Å². The monoisotopic (exact) mass is 228 g/mol. The van der Waals surface area contributed by atoms with Gasteiger partial charge in [-0.3, -0.25) is 0 Å². The van der Waals surface area contributed by atoms with Gasteiger partial charge < -0.3 is 15.8 Å². The van der Waals surface area contributed by atoms with Crippen molar-refractivity contribution in [1.82, 2.24) is 0 Å². The van der Waals surface area contributed by atoms with E-state index >= 15 is 0 Å². The normalized spacial score (nSPS) is 25.8. The molecule has 3 nitrogen and oxygen atoms in total. The first kappa shape index (κ1) is 10.4. The Morgan fingerprint density at radius 1 is 1.35 bits per heavy atom. The number of allylic oxidation sites excluding steroid dienone is 1. The molecule has 0 radical (unpaired) electrons. The van der Waals surface area contributed by atoms with Crippen LogP contribution in [0.1, 0.15) is 12.5 Å². The average Bonchev–Trinajstić information content (AvgIpc) is 2.33. The number of nitrogens with two attached hydrogens (primary N) is 1. The smallest absolute Gasteiger partial charge is 0.153 e. The molecule has 0 fully saturated rings. The fourth-order valence-corrected chi connectivity index (χ4v) is 2.25. The number of anilines is 1. The maximum atomic E-state index is 6.18. The van der Waals surface area contributed by atoms with Crippen LogP contribution >= 0.6 is 0 Å². The van der Waals surface area contributed by atoms with E-state index in [1.807, 2.05) is 31.2 Å². The van der Waals surface area contributed by atoms with Crippen LogP contribution in [-0.2, 0) is 0 Å². The number of hydrogen-bond acceptors (Lipinski definition) is 3. The molecule has 3 heteroatoms. The van der Waals surface area contributed by atoms with Gasteiger partial charge in [0.15, 0.2) is 5.75 Å². The molecule has 0 aromatic heterocycles. The molecule has 3 N–H and O–H groups in total. The largest absolute Gasteiger partial charge is 0.453 e. The Hall–Kier alpha value is -1.74. The molecule has 1 aromatic carbocycles. The zero-order chi connectivity index (χ0) is 12.0. The molecule has 0 amide bonds. The second-order valence-corrected chi connectivity index (χ2v) is 4.70. The molecule has 1 aliphatic heterocycles. The first-order valence-electron chi connectivity index (χ1n) is 5.89. The summed E-state index contributed by atoms with van der Waals surface area (Å²) < 4.78 is 5.94. The van der Waals surface area contributed by atoms with Crippen LogP contribution in [0.15, 0.2) is 41.8 Å². The minimum Gasteiger partial charge on any atom is -0.453 e. The Labute approximate surface area is 101 Å². The van der Waals surface area contributed by atoms with Gasteiger partial charge in [0.1, 0.15) is 5.76 Å². The molecule has 1 heterocycles. The standard InChI is InChI=1S/C14H16N2O/c1-8-6-7-11-13(12(8)15)16-10-5-3-4-9(2)14(10)17-11/h3-8,12,16H,15H2,1-2H3. The van der Waals surface area contributed by atoms with Gasteiger partial charge in [0.2, 0.25) is 0 Å². The molecule has 0 spiro atoms. The first-order valence-corrected chi connectivity index (χ1v) is 5.89.